The molecule has 7 aliphatic rings. The number of rotatable bonds is 14. The summed E-state index contributed by atoms with van der Waals surface area (Å²) in [4.78, 5) is 118. The molecule has 0 spiro atoms. The molecule has 101 heavy (non-hydrogen) atoms. The molecule has 0 aliphatic carbocycles. The van der Waals surface area contributed by atoms with Crippen LogP contribution in [0.1, 0.15) is 124 Å². The van der Waals surface area contributed by atoms with Gasteiger partial charge in [0.1, 0.15) is 53.1 Å². The van der Waals surface area contributed by atoms with Crippen LogP contribution in [0.4, 0.5) is 0 Å². The standard InChI is InChI=1S/C69H78Cl2N6O24/c1-26(2)12-40(74-5)43(81)21-36-57(86)29-7-10-47(38(70)14-29)97-49-16-31-17-50(61(49)101-68-62(60(89)59(88)51(25-78)99-68)100-53-24-69(4,73)63(90)27(3)96-53)98-48-11-8-30(15-39(48)71)58(87)37-22-46(84)55(76-64(91)33(31)20-44(82)41(23-52(72)85)75-65(36)92)28-6-9-42(80)34(13-28)54-35(18-32(79)19-45(54)83)56(67(94)95)77-66(37)93/h6-11,13-19,26-27,33,36-37,40-41,51,53,55-60,62-63,68,74,78-80,83,86-90H,12,20-25,73H2,1-5H3,(H2,72,85)(H,75,92)(H,76,91)(H,77,93)(H,94,95)/t27-,33+,36+,37-,40+,41-,51+,53?,55+,56-,57+,58+,59?,60-,62?,63+,68-,69-/m0/s1. The number of carbonyl (C=O) groups is 8. The molecular weight excluding hydrogens is 1370 g/mol. The predicted molar refractivity (Wildman–Crippen MR) is 353 cm³/mol. The van der Waals surface area contributed by atoms with Crippen molar-refractivity contribution < 1.29 is 118 Å². The maximum atomic E-state index is 16.1. The number of ketones is 3. The summed E-state index contributed by atoms with van der Waals surface area (Å²) in [6.07, 6.45) is -20.8. The first-order valence-electron chi connectivity index (χ1n) is 32.3. The number of aliphatic carboxylic acids is 1. The van der Waals surface area contributed by atoms with Crippen LogP contribution in [0.25, 0.3) is 11.1 Å². The first kappa shape index (κ1) is 75.1. The van der Waals surface area contributed by atoms with Crippen molar-refractivity contribution in [3.05, 3.63) is 117 Å². The van der Waals surface area contributed by atoms with E-state index in [0.29, 0.717) is 0 Å². The molecule has 12 rings (SSSR count). The number of benzene rings is 5. The van der Waals surface area contributed by atoms with Gasteiger partial charge in [0.2, 0.25) is 35.7 Å². The van der Waals surface area contributed by atoms with Crippen LogP contribution in [0, 0.1) is 17.8 Å². The Bertz CT molecular complexity index is 4060. The lowest BCUT2D eigenvalue weighted by molar-refractivity contribution is -0.333. The quantitative estimate of drug-likeness (QED) is 0.0759. The summed E-state index contributed by atoms with van der Waals surface area (Å²) in [5, 5.41) is 124. The number of likely N-dealkylation sites (N-methyl/N-ethyl adjacent to an activating group) is 1. The maximum Gasteiger partial charge on any atom is 0.330 e. The van der Waals surface area contributed by atoms with Crippen LogP contribution >= 0.6 is 23.2 Å². The number of amides is 4. The van der Waals surface area contributed by atoms with E-state index in [1.54, 1.807) is 0 Å². The number of primary amides is 1. The zero-order valence-electron chi connectivity index (χ0n) is 54.9. The molecule has 3 unspecified atom stereocenters. The molecular formula is C69H78Cl2N6O24. The Balaban J connectivity index is 1.24. The zero-order valence-corrected chi connectivity index (χ0v) is 56.5. The maximum absolute atomic E-state index is 16.1. The minimum Gasteiger partial charge on any atom is -0.508 e. The predicted octanol–water partition coefficient (Wildman–Crippen LogP) is 3.17. The second-order valence-corrected chi connectivity index (χ2v) is 27.4. The minimum atomic E-state index is -2.20. The summed E-state index contributed by atoms with van der Waals surface area (Å²) in [7, 11) is 1.52. The minimum absolute atomic E-state index is 0.0458. The second kappa shape index (κ2) is 30.5. The van der Waals surface area contributed by atoms with Crippen molar-refractivity contribution in [3.63, 3.8) is 0 Å². The van der Waals surface area contributed by atoms with E-state index in [1.807, 2.05) is 13.8 Å². The van der Waals surface area contributed by atoms with Gasteiger partial charge >= 0.3 is 5.97 Å². The van der Waals surface area contributed by atoms with Crippen LogP contribution in [0.3, 0.4) is 0 Å². The van der Waals surface area contributed by atoms with Crippen LogP contribution in [0.5, 0.6) is 46.0 Å². The van der Waals surface area contributed by atoms with Crippen LogP contribution < -0.4 is 46.9 Å². The number of nitrogens with one attached hydrogen (secondary N) is 4. The van der Waals surface area contributed by atoms with Crippen LogP contribution in [0.2, 0.25) is 10.0 Å². The third-order valence-electron chi connectivity index (χ3n) is 18.7. The lowest BCUT2D eigenvalue weighted by atomic mass is 9.84. The van der Waals surface area contributed by atoms with Gasteiger partial charge in [-0.25, -0.2) is 4.79 Å². The Hall–Kier alpha value is -8.60. The van der Waals surface area contributed by atoms with Gasteiger partial charge in [0.05, 0.1) is 77.3 Å². The number of aliphatic hydroxyl groups excluding tert-OH is 6. The summed E-state index contributed by atoms with van der Waals surface area (Å²) < 4.78 is 38.5. The number of carbonyl (C=O) groups excluding carboxylic acids is 7. The smallest absolute Gasteiger partial charge is 0.330 e. The molecule has 0 saturated carbocycles. The Labute approximate surface area is 586 Å². The molecule has 542 valence electrons. The second-order valence-electron chi connectivity index (χ2n) is 26.6. The number of phenols is 3. The first-order valence-corrected chi connectivity index (χ1v) is 33.0. The Morgan fingerprint density at radius 1 is 0.733 bits per heavy atom. The van der Waals surface area contributed by atoms with Gasteiger partial charge in [0, 0.05) is 54.0 Å². The topological polar surface area (TPSA) is 494 Å². The van der Waals surface area contributed by atoms with E-state index in [9.17, 15) is 75.0 Å². The van der Waals surface area contributed by atoms with E-state index >= 15 is 14.4 Å². The third-order valence-corrected chi connectivity index (χ3v) is 19.3. The zero-order chi connectivity index (χ0) is 73.5. The van der Waals surface area contributed by atoms with E-state index in [4.69, 9.17) is 63.1 Å². The lowest BCUT2D eigenvalue weighted by Crippen LogP contribution is -2.64. The largest absolute Gasteiger partial charge is 0.508 e. The first-order chi connectivity index (χ1) is 47.7. The number of nitrogens with two attached hydrogens (primary N) is 2. The molecule has 0 radical (unpaired) electrons. The average Bonchev–Trinajstić information content (AvgIpc) is 0.775. The van der Waals surface area contributed by atoms with E-state index in [0.717, 1.165) is 48.5 Å². The number of fused-ring (bicyclic) bond motifs is 15. The van der Waals surface area contributed by atoms with Crippen molar-refractivity contribution in [2.75, 3.05) is 13.7 Å². The fourth-order valence-corrected chi connectivity index (χ4v) is 13.7. The van der Waals surface area contributed by atoms with Crippen molar-refractivity contribution in [1.82, 2.24) is 21.3 Å². The molecule has 0 aromatic heterocycles. The average molecular weight is 1450 g/mol. The number of hydrogen-bond acceptors (Lipinski definition) is 25. The molecule has 18 N–H and O–H groups in total. The van der Waals surface area contributed by atoms with Gasteiger partial charge in [-0.2, -0.15) is 0 Å². The van der Waals surface area contributed by atoms with E-state index < -0.39 is 244 Å². The van der Waals surface area contributed by atoms with Gasteiger partial charge in [-0.05, 0) is 110 Å². The summed E-state index contributed by atoms with van der Waals surface area (Å²) in [6.45, 7) is 5.77. The van der Waals surface area contributed by atoms with Crippen LogP contribution in [0.15, 0.2) is 78.9 Å². The summed E-state index contributed by atoms with van der Waals surface area (Å²) in [5.74, 6) is -20.0. The van der Waals surface area contributed by atoms with E-state index in [1.165, 1.54) is 51.2 Å². The number of halogens is 2. The summed E-state index contributed by atoms with van der Waals surface area (Å²) in [6, 6.07) is 7.24. The van der Waals surface area contributed by atoms with Crippen LogP contribution in [-0.4, -0.2) is 178 Å². The monoisotopic (exact) mass is 1440 g/mol. The molecule has 11 bridgehead atoms. The number of hydrogen-bond donors (Lipinski definition) is 16. The summed E-state index contributed by atoms with van der Waals surface area (Å²) >= 11 is 14.2. The van der Waals surface area contributed by atoms with Crippen molar-refractivity contribution in [3.8, 4) is 57.1 Å². The highest BCUT2D eigenvalue weighted by atomic mass is 35.5. The molecule has 5 aromatic rings. The highest BCUT2D eigenvalue weighted by Crippen LogP contribution is 2.51. The van der Waals surface area contributed by atoms with Gasteiger partial charge in [-0.15, -0.1) is 0 Å². The lowest BCUT2D eigenvalue weighted by Gasteiger charge is -2.47. The van der Waals surface area contributed by atoms with Gasteiger partial charge in [0.15, 0.2) is 47.3 Å². The fraction of sp³-hybridized carbons (Fsp3) is 0.449. The Morgan fingerprint density at radius 2 is 1.37 bits per heavy atom. The van der Waals surface area contributed by atoms with Gasteiger partial charge < -0.3 is 112 Å². The number of aliphatic hydroxyl groups is 6. The normalized spacial score (nSPS) is 29.6. The molecule has 5 aromatic carbocycles. The number of ether oxygens (including phenoxy) is 6. The number of carboxylic acid groups (broad SMARTS) is 1. The van der Waals surface area contributed by atoms with Gasteiger partial charge in [0.25, 0.3) is 0 Å². The van der Waals surface area contributed by atoms with Crippen molar-refractivity contribution in [2.45, 2.75) is 163 Å². The molecule has 4 amide bonds. The summed E-state index contributed by atoms with van der Waals surface area (Å²) in [5.41, 5.74) is 8.61. The van der Waals surface area contributed by atoms with E-state index in [2.05, 4.69) is 21.3 Å². The highest BCUT2D eigenvalue weighted by molar-refractivity contribution is 6.32. The third kappa shape index (κ3) is 16.0. The van der Waals surface area contributed by atoms with Crippen molar-refractivity contribution >= 4 is 70.1 Å². The van der Waals surface area contributed by atoms with Crippen molar-refractivity contribution in [2.24, 2.45) is 29.2 Å². The molecule has 7 heterocycles. The molecule has 7 aliphatic heterocycles. The molecule has 2 fully saturated rings. The highest BCUT2D eigenvalue weighted by Gasteiger charge is 2.51. The molecule has 30 nitrogen and oxygen atoms in total. The SMILES string of the molecule is CN[C@H](CC(C)C)C(=O)C[C@H]1C(=O)N[C@@H](CC(N)=O)C(=O)C[C@H]2C(=O)N[C@H]3C(=O)C[C@H](C(=O)N[C@H](C(=O)O)c4cc(O)cc(O)c4-c4cc3ccc4O)[C@H](O)c3ccc(c(Cl)c3)Oc3cc2cc(c3O[C@@H]2O[C@H](CO)C(O)[C@H](O)C2OC2C[C@](C)(N)[C@H](O)[C@H](C)O2)Oc2ccc(cc2Cl)[C@H]1O. The Morgan fingerprint density at radius 3 is 1.95 bits per heavy atom. The molecule has 2 saturated heterocycles. The molecule has 32 heteroatoms. The van der Waals surface area contributed by atoms with Gasteiger partial charge in [-0.1, -0.05) is 55.2 Å². The number of carboxylic acids is 1. The fourth-order valence-electron chi connectivity index (χ4n) is 13.3. The number of Topliss-reactive ketones (excluding diaryl/α,β-unsaturated/α-hetero) is 3. The van der Waals surface area contributed by atoms with E-state index in [-0.39, 0.29) is 57.5 Å². The number of phenolic OH excluding ortho intramolecular Hbond substituents is 3. The van der Waals surface area contributed by atoms with Gasteiger partial charge in [-0.3, -0.25) is 33.6 Å². The van der Waals surface area contributed by atoms with Crippen molar-refractivity contribution in [1.29, 1.82) is 0 Å². The van der Waals surface area contributed by atoms with Crippen LogP contribution in [-0.2, 0) is 52.6 Å². The molecule has 18 atom stereocenters. The number of aromatic hydroxyl groups is 3. The Kier molecular flexibility index (Phi) is 22.7.